The first-order valence-electron chi connectivity index (χ1n) is 8.16. The van der Waals surface area contributed by atoms with Gasteiger partial charge in [0.25, 0.3) is 5.91 Å². The largest absolute Gasteiger partial charge is 0.467 e. The monoisotopic (exact) mass is 370 g/mol. The van der Waals surface area contributed by atoms with Crippen molar-refractivity contribution in [1.82, 2.24) is 15.3 Å². The number of morpholine rings is 1. The number of halogens is 1. The number of hydrogen-bond acceptors (Lipinski definition) is 7. The Morgan fingerprint density at radius 2 is 2.08 bits per heavy atom. The average molecular weight is 371 g/mol. The number of ether oxygens (including phenoxy) is 2. The van der Waals surface area contributed by atoms with Crippen molar-refractivity contribution >= 4 is 29.4 Å². The fourth-order valence-corrected chi connectivity index (χ4v) is 2.66. The van der Waals surface area contributed by atoms with Crippen LogP contribution in [0.1, 0.15) is 30.8 Å². The summed E-state index contributed by atoms with van der Waals surface area (Å²) in [4.78, 5) is 34.8. The number of anilines is 1. The first-order chi connectivity index (χ1) is 11.9. The predicted molar refractivity (Wildman–Crippen MR) is 92.8 cm³/mol. The number of nitrogens with one attached hydrogen (secondary N) is 1. The van der Waals surface area contributed by atoms with Crippen molar-refractivity contribution in [2.45, 2.75) is 26.3 Å². The molecule has 1 aromatic rings. The van der Waals surface area contributed by atoms with Gasteiger partial charge in [-0.15, -0.1) is 0 Å². The fraction of sp³-hybridized carbons (Fsp3) is 0.625. The minimum absolute atomic E-state index is 0.0378. The molecule has 1 aliphatic rings. The molecule has 1 aliphatic heterocycles. The topological polar surface area (TPSA) is 93.6 Å². The standard InChI is InChI=1S/C16H23ClN4O4/c1-10(2)8-12(15(23)24-3)19-14(22)13-11(17)9-18-16(20-13)21-4-6-25-7-5-21/h9-10,12H,4-8H2,1-3H3,(H,19,22). The Kier molecular flexibility index (Phi) is 6.95. The maximum atomic E-state index is 12.6. The van der Waals surface area contributed by atoms with Gasteiger partial charge < -0.3 is 19.7 Å². The summed E-state index contributed by atoms with van der Waals surface area (Å²) in [6, 6.07) is -0.754. The van der Waals surface area contributed by atoms with Crippen LogP contribution in [0.4, 0.5) is 5.95 Å². The molecule has 9 heteroatoms. The van der Waals surface area contributed by atoms with Crippen LogP contribution >= 0.6 is 11.6 Å². The number of esters is 1. The van der Waals surface area contributed by atoms with Crippen LogP contribution in [-0.2, 0) is 14.3 Å². The fourth-order valence-electron chi connectivity index (χ4n) is 2.49. The van der Waals surface area contributed by atoms with Crippen LogP contribution in [0.25, 0.3) is 0 Å². The molecular formula is C16H23ClN4O4. The van der Waals surface area contributed by atoms with Crippen LogP contribution in [0.3, 0.4) is 0 Å². The quantitative estimate of drug-likeness (QED) is 0.754. The molecule has 1 N–H and O–H groups in total. The van der Waals surface area contributed by atoms with Crippen LogP contribution in [0.15, 0.2) is 6.20 Å². The van der Waals surface area contributed by atoms with Crippen molar-refractivity contribution in [3.05, 3.63) is 16.9 Å². The van der Waals surface area contributed by atoms with Crippen LogP contribution in [-0.4, -0.2) is 61.3 Å². The van der Waals surface area contributed by atoms with Gasteiger partial charge in [-0.3, -0.25) is 4.79 Å². The van der Waals surface area contributed by atoms with Crippen LogP contribution < -0.4 is 10.2 Å². The van der Waals surface area contributed by atoms with E-state index in [0.29, 0.717) is 38.7 Å². The lowest BCUT2D eigenvalue weighted by Gasteiger charge is -2.27. The van der Waals surface area contributed by atoms with E-state index >= 15 is 0 Å². The van der Waals surface area contributed by atoms with E-state index in [1.807, 2.05) is 18.7 Å². The van der Waals surface area contributed by atoms with Crippen molar-refractivity contribution < 1.29 is 19.1 Å². The molecule has 8 nitrogen and oxygen atoms in total. The molecule has 0 aliphatic carbocycles. The normalized spacial score (nSPS) is 15.8. The van der Waals surface area contributed by atoms with E-state index in [1.54, 1.807) is 0 Å². The molecule has 0 saturated carbocycles. The number of hydrogen-bond donors (Lipinski definition) is 1. The molecule has 1 atom stereocenters. The third-order valence-electron chi connectivity index (χ3n) is 3.74. The summed E-state index contributed by atoms with van der Waals surface area (Å²) in [5.41, 5.74) is 0.0378. The highest BCUT2D eigenvalue weighted by atomic mass is 35.5. The lowest BCUT2D eigenvalue weighted by atomic mass is 10.0. The van der Waals surface area contributed by atoms with Gasteiger partial charge in [0.15, 0.2) is 5.69 Å². The Bertz CT molecular complexity index is 620. The Labute approximate surface area is 151 Å². The molecule has 25 heavy (non-hydrogen) atoms. The van der Waals surface area contributed by atoms with Crippen molar-refractivity contribution in [3.63, 3.8) is 0 Å². The van der Waals surface area contributed by atoms with Gasteiger partial charge in [0.2, 0.25) is 5.95 Å². The molecule has 0 spiro atoms. The summed E-state index contributed by atoms with van der Waals surface area (Å²) in [6.07, 6.45) is 1.85. The molecule has 2 heterocycles. The molecule has 0 radical (unpaired) electrons. The van der Waals surface area contributed by atoms with Gasteiger partial charge >= 0.3 is 5.97 Å². The second-order valence-electron chi connectivity index (χ2n) is 6.14. The minimum Gasteiger partial charge on any atom is -0.467 e. The lowest BCUT2D eigenvalue weighted by molar-refractivity contribution is -0.143. The SMILES string of the molecule is COC(=O)C(CC(C)C)NC(=O)c1nc(N2CCOCC2)ncc1Cl. The predicted octanol–water partition coefficient (Wildman–Crippen LogP) is 1.28. The smallest absolute Gasteiger partial charge is 0.328 e. The van der Waals surface area contributed by atoms with E-state index in [4.69, 9.17) is 21.1 Å². The lowest BCUT2D eigenvalue weighted by Crippen LogP contribution is -2.43. The van der Waals surface area contributed by atoms with Gasteiger partial charge in [-0.25, -0.2) is 14.8 Å². The molecule has 0 bridgehead atoms. The molecule has 1 amide bonds. The molecule has 1 fully saturated rings. The number of rotatable bonds is 6. The molecule has 1 unspecified atom stereocenters. The first kappa shape index (κ1) is 19.4. The van der Waals surface area contributed by atoms with Crippen LogP contribution in [0.5, 0.6) is 0 Å². The van der Waals surface area contributed by atoms with Gasteiger partial charge in [0.1, 0.15) is 6.04 Å². The molecular weight excluding hydrogens is 348 g/mol. The van der Waals surface area contributed by atoms with Crippen molar-refractivity contribution in [2.24, 2.45) is 5.92 Å². The van der Waals surface area contributed by atoms with Gasteiger partial charge in [-0.1, -0.05) is 25.4 Å². The van der Waals surface area contributed by atoms with Crippen LogP contribution in [0, 0.1) is 5.92 Å². The van der Waals surface area contributed by atoms with Crippen molar-refractivity contribution in [2.75, 3.05) is 38.3 Å². The highest BCUT2D eigenvalue weighted by molar-refractivity contribution is 6.33. The Morgan fingerprint density at radius 1 is 1.40 bits per heavy atom. The summed E-state index contributed by atoms with van der Waals surface area (Å²) >= 11 is 6.09. The second-order valence-corrected chi connectivity index (χ2v) is 6.55. The summed E-state index contributed by atoms with van der Waals surface area (Å²) in [5.74, 6) is -0.413. The van der Waals surface area contributed by atoms with E-state index in [1.165, 1.54) is 13.3 Å². The number of carbonyl (C=O) groups excluding carboxylic acids is 2. The Hall–Kier alpha value is -1.93. The van der Waals surface area contributed by atoms with E-state index in [-0.39, 0.29) is 16.6 Å². The number of carbonyl (C=O) groups is 2. The maximum Gasteiger partial charge on any atom is 0.328 e. The zero-order chi connectivity index (χ0) is 18.4. The Morgan fingerprint density at radius 3 is 2.68 bits per heavy atom. The number of aromatic nitrogens is 2. The van der Waals surface area contributed by atoms with Crippen LogP contribution in [0.2, 0.25) is 5.02 Å². The molecule has 1 aromatic heterocycles. The summed E-state index contributed by atoms with van der Waals surface area (Å²) in [5, 5.41) is 2.78. The molecule has 0 aromatic carbocycles. The third kappa shape index (κ3) is 5.27. The van der Waals surface area contributed by atoms with E-state index in [9.17, 15) is 9.59 Å². The van der Waals surface area contributed by atoms with E-state index in [2.05, 4.69) is 15.3 Å². The second kappa shape index (κ2) is 8.96. The average Bonchev–Trinajstić information content (AvgIpc) is 2.61. The van der Waals surface area contributed by atoms with Gasteiger partial charge in [-0.05, 0) is 12.3 Å². The van der Waals surface area contributed by atoms with Gasteiger partial charge in [0.05, 0.1) is 31.5 Å². The third-order valence-corrected chi connectivity index (χ3v) is 4.02. The zero-order valence-electron chi connectivity index (χ0n) is 14.6. The molecule has 1 saturated heterocycles. The number of nitrogens with zero attached hydrogens (tertiary/aromatic N) is 3. The number of amides is 1. The molecule has 138 valence electrons. The van der Waals surface area contributed by atoms with Gasteiger partial charge in [0, 0.05) is 13.1 Å². The highest BCUT2D eigenvalue weighted by Crippen LogP contribution is 2.18. The Balaban J connectivity index is 2.17. The minimum atomic E-state index is -0.754. The number of methoxy groups -OCH3 is 1. The zero-order valence-corrected chi connectivity index (χ0v) is 15.4. The summed E-state index contributed by atoms with van der Waals surface area (Å²) in [7, 11) is 1.29. The summed E-state index contributed by atoms with van der Waals surface area (Å²) < 4.78 is 10.1. The highest BCUT2D eigenvalue weighted by Gasteiger charge is 2.26. The summed E-state index contributed by atoms with van der Waals surface area (Å²) in [6.45, 7) is 6.34. The first-order valence-corrected chi connectivity index (χ1v) is 8.54. The van der Waals surface area contributed by atoms with E-state index < -0.39 is 17.9 Å². The van der Waals surface area contributed by atoms with E-state index in [0.717, 1.165) is 0 Å². The van der Waals surface area contributed by atoms with Crippen molar-refractivity contribution in [1.29, 1.82) is 0 Å². The van der Waals surface area contributed by atoms with Crippen molar-refractivity contribution in [3.8, 4) is 0 Å². The van der Waals surface area contributed by atoms with Gasteiger partial charge in [-0.2, -0.15) is 0 Å². The molecule has 2 rings (SSSR count). The maximum absolute atomic E-state index is 12.6.